The largest absolute Gasteiger partial charge is 0.328 e. The van der Waals surface area contributed by atoms with Gasteiger partial charge in [-0.2, -0.15) is 0 Å². The van der Waals surface area contributed by atoms with E-state index in [1.165, 1.54) is 5.56 Å². The van der Waals surface area contributed by atoms with Gasteiger partial charge in [0.1, 0.15) is 0 Å². The quantitative estimate of drug-likeness (QED) is 0.766. The van der Waals surface area contributed by atoms with Gasteiger partial charge in [0.25, 0.3) is 0 Å². The van der Waals surface area contributed by atoms with Crippen molar-refractivity contribution in [2.45, 2.75) is 57.5 Å². The van der Waals surface area contributed by atoms with Crippen LogP contribution in [-0.4, -0.2) is 12.1 Å². The Morgan fingerprint density at radius 3 is 1.90 bits per heavy atom. The fourth-order valence-electron chi connectivity index (χ4n) is 2.19. The van der Waals surface area contributed by atoms with Gasteiger partial charge in [-0.3, -0.25) is 0 Å². The van der Waals surface area contributed by atoms with E-state index in [0.29, 0.717) is 5.92 Å². The summed E-state index contributed by atoms with van der Waals surface area (Å²) in [4.78, 5) is 0. The Labute approximate surface area is 140 Å². The Kier molecular flexibility index (Phi) is 13.0. The number of halogens is 3. The summed E-state index contributed by atoms with van der Waals surface area (Å²) in [6.45, 7) is 4.25. The number of nitrogens with two attached hydrogens (primary N) is 2. The predicted octanol–water partition coefficient (Wildman–Crippen LogP) is 4.52. The minimum absolute atomic E-state index is 0. The molecule has 0 spiro atoms. The van der Waals surface area contributed by atoms with Crippen molar-refractivity contribution in [2.75, 3.05) is 0 Å². The van der Waals surface area contributed by atoms with Gasteiger partial charge in [0, 0.05) is 17.1 Å². The molecule has 0 radical (unpaired) electrons. The van der Waals surface area contributed by atoms with Crippen molar-refractivity contribution in [3.8, 4) is 0 Å². The predicted molar refractivity (Wildman–Crippen MR) is 94.5 cm³/mol. The Balaban J connectivity index is 0. The van der Waals surface area contributed by atoms with E-state index in [1.54, 1.807) is 0 Å². The molecular formula is C15H27Cl3N2. The van der Waals surface area contributed by atoms with E-state index < -0.39 is 0 Å². The van der Waals surface area contributed by atoms with E-state index in [2.05, 4.69) is 19.9 Å². The second kappa shape index (κ2) is 11.6. The Morgan fingerprint density at radius 2 is 1.50 bits per heavy atom. The lowest BCUT2D eigenvalue weighted by atomic mass is 9.86. The number of hydrogen-bond donors (Lipinski definition) is 2. The summed E-state index contributed by atoms with van der Waals surface area (Å²) in [6.07, 6.45) is 3.95. The Morgan fingerprint density at radius 1 is 1.00 bits per heavy atom. The molecule has 1 aromatic rings. The lowest BCUT2D eigenvalue weighted by Crippen LogP contribution is -2.27. The van der Waals surface area contributed by atoms with Gasteiger partial charge >= 0.3 is 0 Å². The molecule has 5 heteroatoms. The second-order valence-electron chi connectivity index (χ2n) is 5.06. The summed E-state index contributed by atoms with van der Waals surface area (Å²) in [5.74, 6) is 0.411. The molecule has 0 aliphatic rings. The van der Waals surface area contributed by atoms with Gasteiger partial charge in [-0.05, 0) is 49.3 Å². The van der Waals surface area contributed by atoms with E-state index in [4.69, 9.17) is 23.1 Å². The standard InChI is InChI=1S/C15H25ClN2.2ClH/c1-3-14(17)9-12(10-15(18)4-2)11-6-5-7-13(16)8-11;;/h5-8,12,14-15H,3-4,9-10,17-18H2,1-2H3;2*1H. The van der Waals surface area contributed by atoms with E-state index in [1.807, 2.05) is 18.2 Å². The molecule has 0 saturated heterocycles. The molecule has 0 bridgehead atoms. The number of rotatable bonds is 7. The van der Waals surface area contributed by atoms with Gasteiger partial charge in [0.15, 0.2) is 0 Å². The van der Waals surface area contributed by atoms with Crippen LogP contribution in [0.15, 0.2) is 24.3 Å². The zero-order valence-electron chi connectivity index (χ0n) is 12.2. The summed E-state index contributed by atoms with van der Waals surface area (Å²) >= 11 is 6.07. The molecular weight excluding hydrogens is 315 g/mol. The third-order valence-electron chi connectivity index (χ3n) is 3.54. The molecule has 1 rings (SSSR count). The van der Waals surface area contributed by atoms with Gasteiger partial charge in [-0.15, -0.1) is 24.8 Å². The highest BCUT2D eigenvalue weighted by molar-refractivity contribution is 6.30. The van der Waals surface area contributed by atoms with Crippen LogP contribution in [0.25, 0.3) is 0 Å². The minimum atomic E-state index is 0. The van der Waals surface area contributed by atoms with Crippen LogP contribution in [0.4, 0.5) is 0 Å². The maximum Gasteiger partial charge on any atom is 0.0408 e. The molecule has 2 atom stereocenters. The normalized spacial score (nSPS) is 14.7. The van der Waals surface area contributed by atoms with Crippen LogP contribution in [0.3, 0.4) is 0 Å². The molecule has 0 aromatic heterocycles. The third kappa shape index (κ3) is 7.70. The molecule has 20 heavy (non-hydrogen) atoms. The van der Waals surface area contributed by atoms with Crippen LogP contribution in [0.2, 0.25) is 5.02 Å². The SMILES string of the molecule is CCC(N)CC(CC(N)CC)c1cccc(Cl)c1.Cl.Cl. The summed E-state index contributed by atoms with van der Waals surface area (Å²) in [6, 6.07) is 8.54. The van der Waals surface area contributed by atoms with Crippen LogP contribution in [-0.2, 0) is 0 Å². The van der Waals surface area contributed by atoms with Gasteiger partial charge < -0.3 is 11.5 Å². The van der Waals surface area contributed by atoms with Crippen LogP contribution < -0.4 is 11.5 Å². The van der Waals surface area contributed by atoms with Gasteiger partial charge in [0.05, 0.1) is 0 Å². The zero-order chi connectivity index (χ0) is 13.5. The van der Waals surface area contributed by atoms with E-state index in [9.17, 15) is 0 Å². The van der Waals surface area contributed by atoms with Crippen molar-refractivity contribution in [2.24, 2.45) is 11.5 Å². The van der Waals surface area contributed by atoms with Crippen molar-refractivity contribution >= 4 is 36.4 Å². The van der Waals surface area contributed by atoms with Crippen LogP contribution in [0.1, 0.15) is 51.0 Å². The van der Waals surface area contributed by atoms with Gasteiger partial charge in [-0.25, -0.2) is 0 Å². The first-order valence-corrected chi connectivity index (χ1v) is 7.21. The minimum Gasteiger partial charge on any atom is -0.328 e. The van der Waals surface area contributed by atoms with Crippen molar-refractivity contribution in [3.05, 3.63) is 34.9 Å². The average molecular weight is 342 g/mol. The van der Waals surface area contributed by atoms with Crippen molar-refractivity contribution in [3.63, 3.8) is 0 Å². The van der Waals surface area contributed by atoms with Crippen molar-refractivity contribution in [1.29, 1.82) is 0 Å². The fraction of sp³-hybridized carbons (Fsp3) is 0.600. The first-order valence-electron chi connectivity index (χ1n) is 6.83. The number of benzene rings is 1. The van der Waals surface area contributed by atoms with Crippen molar-refractivity contribution in [1.82, 2.24) is 0 Å². The Hall–Kier alpha value is 0.01000. The molecule has 118 valence electrons. The molecule has 4 N–H and O–H groups in total. The highest BCUT2D eigenvalue weighted by Crippen LogP contribution is 2.28. The third-order valence-corrected chi connectivity index (χ3v) is 3.78. The summed E-state index contributed by atoms with van der Waals surface area (Å²) < 4.78 is 0. The summed E-state index contributed by atoms with van der Waals surface area (Å²) in [5.41, 5.74) is 13.4. The fourth-order valence-corrected chi connectivity index (χ4v) is 2.39. The second-order valence-corrected chi connectivity index (χ2v) is 5.50. The monoisotopic (exact) mass is 340 g/mol. The highest BCUT2D eigenvalue weighted by Gasteiger charge is 2.17. The van der Waals surface area contributed by atoms with Crippen LogP contribution in [0, 0.1) is 0 Å². The maximum atomic E-state index is 6.09. The van der Waals surface area contributed by atoms with Crippen LogP contribution in [0.5, 0.6) is 0 Å². The van der Waals surface area contributed by atoms with E-state index >= 15 is 0 Å². The van der Waals surface area contributed by atoms with E-state index in [0.717, 1.165) is 30.7 Å². The molecule has 0 fully saturated rings. The van der Waals surface area contributed by atoms with Crippen molar-refractivity contribution < 1.29 is 0 Å². The van der Waals surface area contributed by atoms with Crippen LogP contribution >= 0.6 is 36.4 Å². The lowest BCUT2D eigenvalue weighted by Gasteiger charge is -2.23. The molecule has 0 aliphatic carbocycles. The highest BCUT2D eigenvalue weighted by atomic mass is 35.5. The topological polar surface area (TPSA) is 52.0 Å². The zero-order valence-corrected chi connectivity index (χ0v) is 14.6. The first kappa shape index (κ1) is 22.3. The van der Waals surface area contributed by atoms with Gasteiger partial charge in [0.2, 0.25) is 0 Å². The Bertz CT molecular complexity index is 349. The molecule has 1 aromatic carbocycles. The molecule has 0 aliphatic heterocycles. The lowest BCUT2D eigenvalue weighted by molar-refractivity contribution is 0.447. The molecule has 0 saturated carbocycles. The smallest absolute Gasteiger partial charge is 0.0408 e. The molecule has 2 unspecified atom stereocenters. The number of hydrogen-bond acceptors (Lipinski definition) is 2. The summed E-state index contributed by atoms with van der Waals surface area (Å²) in [5, 5.41) is 0.785. The molecule has 0 amide bonds. The molecule has 2 nitrogen and oxygen atoms in total. The summed E-state index contributed by atoms with van der Waals surface area (Å²) in [7, 11) is 0. The van der Waals surface area contributed by atoms with Gasteiger partial charge in [-0.1, -0.05) is 37.6 Å². The molecule has 0 heterocycles. The first-order chi connectivity index (χ1) is 8.56. The maximum absolute atomic E-state index is 6.09. The average Bonchev–Trinajstić information content (AvgIpc) is 2.37. The van der Waals surface area contributed by atoms with E-state index in [-0.39, 0.29) is 36.9 Å².